The lowest BCUT2D eigenvalue weighted by molar-refractivity contribution is 0.0330. The van der Waals surface area contributed by atoms with E-state index in [2.05, 4.69) is 35.3 Å². The van der Waals surface area contributed by atoms with Crippen molar-refractivity contribution in [1.82, 2.24) is 10.2 Å². The van der Waals surface area contributed by atoms with Gasteiger partial charge in [-0.2, -0.15) is 0 Å². The van der Waals surface area contributed by atoms with E-state index < -0.39 is 0 Å². The van der Waals surface area contributed by atoms with Crippen LogP contribution >= 0.6 is 11.6 Å². The van der Waals surface area contributed by atoms with E-state index in [1.165, 1.54) is 18.4 Å². The topological polar surface area (TPSA) is 24.5 Å². The van der Waals surface area contributed by atoms with Crippen molar-refractivity contribution >= 4 is 11.6 Å². The molecule has 0 radical (unpaired) electrons. The number of benzene rings is 1. The van der Waals surface area contributed by atoms with Crippen molar-refractivity contribution in [2.75, 3.05) is 32.8 Å². The Bertz CT molecular complexity index is 456. The molecule has 1 saturated heterocycles. The van der Waals surface area contributed by atoms with Gasteiger partial charge in [0.25, 0.3) is 0 Å². The van der Waals surface area contributed by atoms with Gasteiger partial charge >= 0.3 is 0 Å². The second-order valence-electron chi connectivity index (χ2n) is 6.40. The van der Waals surface area contributed by atoms with Gasteiger partial charge in [0.15, 0.2) is 0 Å². The molecule has 21 heavy (non-hydrogen) atoms. The number of hydrogen-bond donors (Lipinski definition) is 1. The first-order valence-corrected chi connectivity index (χ1v) is 8.40. The normalized spacial score (nSPS) is 28.1. The van der Waals surface area contributed by atoms with Crippen LogP contribution in [0.1, 0.15) is 31.2 Å². The number of hydrogen-bond acceptors (Lipinski definition) is 3. The maximum Gasteiger partial charge on any atom is 0.0594 e. The summed E-state index contributed by atoms with van der Waals surface area (Å²) in [6.45, 7) is 7.33. The van der Waals surface area contributed by atoms with Crippen molar-refractivity contribution in [2.24, 2.45) is 0 Å². The fraction of sp³-hybridized carbons (Fsp3) is 0.647. The van der Waals surface area contributed by atoms with Crippen LogP contribution in [-0.4, -0.2) is 49.8 Å². The largest absolute Gasteiger partial charge is 0.379 e. The Labute approximate surface area is 132 Å². The van der Waals surface area contributed by atoms with Gasteiger partial charge in [-0.3, -0.25) is 4.90 Å². The molecule has 0 aromatic heterocycles. The monoisotopic (exact) mass is 308 g/mol. The number of nitrogens with zero attached hydrogens (tertiary/aromatic N) is 1. The zero-order valence-corrected chi connectivity index (χ0v) is 13.5. The lowest BCUT2D eigenvalue weighted by Gasteiger charge is -2.39. The van der Waals surface area contributed by atoms with E-state index in [0.717, 1.165) is 37.9 Å². The SMILES string of the molecule is CC(CN1CCOCC1)NC1CC(c2cccc(Cl)c2)C1. The predicted octanol–water partition coefficient (Wildman–Crippen LogP) is 2.90. The summed E-state index contributed by atoms with van der Waals surface area (Å²) in [5, 5.41) is 4.61. The Balaban J connectivity index is 1.40. The fourth-order valence-electron chi connectivity index (χ4n) is 3.41. The zero-order valence-electron chi connectivity index (χ0n) is 12.7. The molecule has 0 spiro atoms. The van der Waals surface area contributed by atoms with Crippen LogP contribution in [0.3, 0.4) is 0 Å². The highest BCUT2D eigenvalue weighted by atomic mass is 35.5. The molecule has 3 nitrogen and oxygen atoms in total. The van der Waals surface area contributed by atoms with Crippen LogP contribution in [0, 0.1) is 0 Å². The third kappa shape index (κ3) is 4.19. The van der Waals surface area contributed by atoms with Crippen LogP contribution in [0.15, 0.2) is 24.3 Å². The predicted molar refractivity (Wildman–Crippen MR) is 87.1 cm³/mol. The van der Waals surface area contributed by atoms with Crippen molar-refractivity contribution in [3.8, 4) is 0 Å². The Morgan fingerprint density at radius 1 is 1.33 bits per heavy atom. The van der Waals surface area contributed by atoms with Crippen molar-refractivity contribution in [2.45, 2.75) is 37.8 Å². The quantitative estimate of drug-likeness (QED) is 0.905. The highest BCUT2D eigenvalue weighted by Crippen LogP contribution is 2.37. The van der Waals surface area contributed by atoms with Crippen LogP contribution in [-0.2, 0) is 4.74 Å². The molecule has 3 rings (SSSR count). The Morgan fingerprint density at radius 2 is 2.10 bits per heavy atom. The molecule has 1 N–H and O–H groups in total. The van der Waals surface area contributed by atoms with Gasteiger partial charge < -0.3 is 10.1 Å². The van der Waals surface area contributed by atoms with E-state index in [9.17, 15) is 0 Å². The summed E-state index contributed by atoms with van der Waals surface area (Å²) in [5.74, 6) is 0.678. The maximum absolute atomic E-state index is 6.07. The minimum absolute atomic E-state index is 0.549. The van der Waals surface area contributed by atoms with Gasteiger partial charge in [0.2, 0.25) is 0 Å². The number of nitrogens with one attached hydrogen (secondary N) is 1. The Morgan fingerprint density at radius 3 is 2.81 bits per heavy atom. The molecule has 116 valence electrons. The average Bonchev–Trinajstić information content (AvgIpc) is 2.43. The Kier molecular flexibility index (Phi) is 5.17. The molecule has 2 fully saturated rings. The van der Waals surface area contributed by atoms with E-state index in [4.69, 9.17) is 16.3 Å². The zero-order chi connectivity index (χ0) is 14.7. The van der Waals surface area contributed by atoms with Gasteiger partial charge in [0.05, 0.1) is 13.2 Å². The minimum Gasteiger partial charge on any atom is -0.379 e. The molecular weight excluding hydrogens is 284 g/mol. The van der Waals surface area contributed by atoms with E-state index in [-0.39, 0.29) is 0 Å². The number of halogens is 1. The summed E-state index contributed by atoms with van der Waals surface area (Å²) >= 11 is 6.07. The first-order chi connectivity index (χ1) is 10.2. The molecule has 1 saturated carbocycles. The fourth-order valence-corrected chi connectivity index (χ4v) is 3.61. The first-order valence-electron chi connectivity index (χ1n) is 8.02. The van der Waals surface area contributed by atoms with Gasteiger partial charge in [-0.15, -0.1) is 0 Å². The third-order valence-corrected chi connectivity index (χ3v) is 4.85. The average molecular weight is 309 g/mol. The van der Waals surface area contributed by atoms with Gasteiger partial charge in [-0.25, -0.2) is 0 Å². The summed E-state index contributed by atoms with van der Waals surface area (Å²) in [4.78, 5) is 2.49. The Hall–Kier alpha value is -0.610. The summed E-state index contributed by atoms with van der Waals surface area (Å²) in [7, 11) is 0. The number of ether oxygens (including phenoxy) is 1. The number of morpholine rings is 1. The molecule has 4 heteroatoms. The maximum atomic E-state index is 6.07. The molecule has 1 aromatic carbocycles. The molecule has 0 amide bonds. The molecule has 0 bridgehead atoms. The summed E-state index contributed by atoms with van der Waals surface area (Å²) in [6, 6.07) is 9.52. The smallest absolute Gasteiger partial charge is 0.0594 e. The molecular formula is C17H25ClN2O. The standard InChI is InChI=1S/C17H25ClN2O/c1-13(12-20-5-7-21-8-6-20)19-17-10-15(11-17)14-3-2-4-16(18)9-14/h2-4,9,13,15,17,19H,5-8,10-12H2,1H3. The third-order valence-electron chi connectivity index (χ3n) is 4.61. The molecule has 2 aliphatic rings. The van der Waals surface area contributed by atoms with Crippen LogP contribution in [0.25, 0.3) is 0 Å². The second kappa shape index (κ2) is 7.10. The highest BCUT2D eigenvalue weighted by Gasteiger charge is 2.31. The van der Waals surface area contributed by atoms with Crippen molar-refractivity contribution in [3.63, 3.8) is 0 Å². The minimum atomic E-state index is 0.549. The van der Waals surface area contributed by atoms with Gasteiger partial charge in [-0.1, -0.05) is 23.7 Å². The van der Waals surface area contributed by atoms with Gasteiger partial charge in [-0.05, 0) is 43.4 Å². The molecule has 1 aliphatic heterocycles. The van der Waals surface area contributed by atoms with Crippen molar-refractivity contribution in [1.29, 1.82) is 0 Å². The van der Waals surface area contributed by atoms with E-state index in [1.807, 2.05) is 6.07 Å². The van der Waals surface area contributed by atoms with Crippen LogP contribution < -0.4 is 5.32 Å². The van der Waals surface area contributed by atoms with E-state index >= 15 is 0 Å². The molecule has 1 aliphatic carbocycles. The van der Waals surface area contributed by atoms with Crippen LogP contribution in [0.2, 0.25) is 5.02 Å². The van der Waals surface area contributed by atoms with E-state index in [1.54, 1.807) is 0 Å². The van der Waals surface area contributed by atoms with Gasteiger partial charge in [0.1, 0.15) is 0 Å². The lowest BCUT2D eigenvalue weighted by Crippen LogP contribution is -2.50. The summed E-state index contributed by atoms with van der Waals surface area (Å²) in [5.41, 5.74) is 1.39. The lowest BCUT2D eigenvalue weighted by atomic mass is 9.75. The second-order valence-corrected chi connectivity index (χ2v) is 6.84. The molecule has 1 unspecified atom stereocenters. The summed E-state index contributed by atoms with van der Waals surface area (Å²) < 4.78 is 5.39. The van der Waals surface area contributed by atoms with Crippen LogP contribution in [0.5, 0.6) is 0 Å². The van der Waals surface area contributed by atoms with E-state index in [0.29, 0.717) is 18.0 Å². The first kappa shape index (κ1) is 15.3. The van der Waals surface area contributed by atoms with Crippen molar-refractivity contribution in [3.05, 3.63) is 34.9 Å². The summed E-state index contributed by atoms with van der Waals surface area (Å²) in [6.07, 6.45) is 2.46. The molecule has 1 atom stereocenters. The van der Waals surface area contributed by atoms with Crippen molar-refractivity contribution < 1.29 is 4.74 Å². The van der Waals surface area contributed by atoms with Crippen LogP contribution in [0.4, 0.5) is 0 Å². The molecule has 1 aromatic rings. The highest BCUT2D eigenvalue weighted by molar-refractivity contribution is 6.30. The molecule has 1 heterocycles. The number of rotatable bonds is 5. The van der Waals surface area contributed by atoms with Gasteiger partial charge in [0, 0.05) is 36.7 Å².